The lowest BCUT2D eigenvalue weighted by atomic mass is 9.69. The normalized spacial score (nSPS) is 18.0. The van der Waals surface area contributed by atoms with Gasteiger partial charge in [0.2, 0.25) is 0 Å². The quantitative estimate of drug-likeness (QED) is 0.329. The van der Waals surface area contributed by atoms with Crippen molar-refractivity contribution in [2.75, 3.05) is 6.61 Å². The summed E-state index contributed by atoms with van der Waals surface area (Å²) in [5.41, 5.74) is 1.64. The lowest BCUT2D eigenvalue weighted by molar-refractivity contribution is -0.143. The topological polar surface area (TPSA) is 77.8 Å². The third-order valence-electron chi connectivity index (χ3n) is 8.02. The zero-order valence-corrected chi connectivity index (χ0v) is 20.7. The van der Waals surface area contributed by atoms with E-state index in [0.717, 1.165) is 24.8 Å². The Morgan fingerprint density at radius 2 is 1.24 bits per heavy atom. The first-order valence-electron chi connectivity index (χ1n) is 12.3. The molecular weight excluding hydrogens is 412 g/mol. The molecule has 0 bridgehead atoms. The van der Waals surface area contributed by atoms with E-state index in [9.17, 15) is 20.1 Å². The van der Waals surface area contributed by atoms with Crippen molar-refractivity contribution in [2.45, 2.75) is 83.2 Å². The largest absolute Gasteiger partial charge is 0.481 e. The molecule has 182 valence electrons. The van der Waals surface area contributed by atoms with Gasteiger partial charge in [0.1, 0.15) is 0 Å². The van der Waals surface area contributed by atoms with Crippen LogP contribution < -0.4 is 0 Å². The van der Waals surface area contributed by atoms with Crippen molar-refractivity contribution in [2.24, 2.45) is 11.8 Å². The molecule has 2 aromatic carbocycles. The van der Waals surface area contributed by atoms with Crippen molar-refractivity contribution in [1.82, 2.24) is 0 Å². The molecule has 0 radical (unpaired) electrons. The molecule has 0 spiro atoms. The van der Waals surface area contributed by atoms with Crippen molar-refractivity contribution in [3.05, 3.63) is 71.8 Å². The van der Waals surface area contributed by atoms with Crippen LogP contribution in [-0.2, 0) is 15.6 Å². The Labute approximate surface area is 199 Å². The minimum atomic E-state index is -0.792. The standard InChI is InChI=1S/C29H42O4/c1-22(21-30)28(3,24-13-7-5-8-14-24)19-11-17-26(31)18-12-20-29(4,23(2)27(32)33)25-15-9-6-10-16-25/h5-10,13-16,22-23,26,30-31H,11-12,17-21H2,1-4H3,(H,32,33). The minimum Gasteiger partial charge on any atom is -0.481 e. The molecule has 2 aromatic rings. The fourth-order valence-corrected chi connectivity index (χ4v) is 4.95. The summed E-state index contributed by atoms with van der Waals surface area (Å²) in [5.74, 6) is -1.18. The molecule has 4 heteroatoms. The molecule has 0 saturated carbocycles. The van der Waals surface area contributed by atoms with E-state index in [4.69, 9.17) is 0 Å². The van der Waals surface area contributed by atoms with Crippen LogP contribution >= 0.6 is 0 Å². The third-order valence-corrected chi connectivity index (χ3v) is 8.02. The highest BCUT2D eigenvalue weighted by molar-refractivity contribution is 5.72. The van der Waals surface area contributed by atoms with Crippen LogP contribution in [0, 0.1) is 11.8 Å². The molecule has 0 heterocycles. The summed E-state index contributed by atoms with van der Waals surface area (Å²) in [6, 6.07) is 20.2. The maximum Gasteiger partial charge on any atom is 0.307 e. The Hall–Kier alpha value is -2.17. The molecular formula is C29H42O4. The number of carbonyl (C=O) groups is 1. The molecule has 5 atom stereocenters. The van der Waals surface area contributed by atoms with Gasteiger partial charge in [0.15, 0.2) is 0 Å². The zero-order valence-electron chi connectivity index (χ0n) is 20.7. The summed E-state index contributed by atoms with van der Waals surface area (Å²) < 4.78 is 0. The summed E-state index contributed by atoms with van der Waals surface area (Å²) in [6.45, 7) is 8.22. The summed E-state index contributed by atoms with van der Waals surface area (Å²) in [7, 11) is 0. The van der Waals surface area contributed by atoms with Crippen molar-refractivity contribution >= 4 is 5.97 Å². The van der Waals surface area contributed by atoms with Gasteiger partial charge < -0.3 is 15.3 Å². The van der Waals surface area contributed by atoms with Crippen molar-refractivity contribution in [3.63, 3.8) is 0 Å². The summed E-state index contributed by atoms with van der Waals surface area (Å²) in [5, 5.41) is 30.2. The highest BCUT2D eigenvalue weighted by atomic mass is 16.4. The number of aliphatic carboxylic acids is 1. The average molecular weight is 455 g/mol. The molecule has 5 unspecified atom stereocenters. The van der Waals surface area contributed by atoms with Crippen LogP contribution in [0.5, 0.6) is 0 Å². The number of hydrogen-bond acceptors (Lipinski definition) is 3. The Balaban J connectivity index is 1.93. The molecule has 0 fully saturated rings. The van der Waals surface area contributed by atoms with Gasteiger partial charge in [-0.2, -0.15) is 0 Å². The van der Waals surface area contributed by atoms with E-state index < -0.39 is 23.4 Å². The number of aliphatic hydroxyl groups excluding tert-OH is 2. The van der Waals surface area contributed by atoms with E-state index in [1.54, 1.807) is 6.92 Å². The van der Waals surface area contributed by atoms with E-state index in [1.165, 1.54) is 5.56 Å². The van der Waals surface area contributed by atoms with Gasteiger partial charge in [-0.1, -0.05) is 88.4 Å². The number of hydrogen-bond donors (Lipinski definition) is 3. The highest BCUT2D eigenvalue weighted by Crippen LogP contribution is 2.39. The van der Waals surface area contributed by atoms with E-state index in [1.807, 2.05) is 55.5 Å². The third kappa shape index (κ3) is 6.91. The molecule has 2 rings (SSSR count). The van der Waals surface area contributed by atoms with Gasteiger partial charge in [-0.05, 0) is 61.0 Å². The van der Waals surface area contributed by atoms with Crippen molar-refractivity contribution < 1.29 is 20.1 Å². The van der Waals surface area contributed by atoms with Gasteiger partial charge in [-0.15, -0.1) is 0 Å². The Bertz CT molecular complexity index is 837. The number of carboxylic acids is 1. The summed E-state index contributed by atoms with van der Waals surface area (Å²) >= 11 is 0. The van der Waals surface area contributed by atoms with Crippen LogP contribution in [0.1, 0.15) is 77.3 Å². The summed E-state index contributed by atoms with van der Waals surface area (Å²) in [6.07, 6.45) is 4.21. The van der Waals surface area contributed by atoms with Crippen molar-refractivity contribution in [3.8, 4) is 0 Å². The number of carboxylic acid groups (broad SMARTS) is 1. The molecule has 3 N–H and O–H groups in total. The number of aliphatic hydroxyl groups is 2. The molecule has 0 aliphatic carbocycles. The van der Waals surface area contributed by atoms with E-state index in [2.05, 4.69) is 26.0 Å². The molecule has 0 aliphatic heterocycles. The lowest BCUT2D eigenvalue weighted by Crippen LogP contribution is -2.35. The number of rotatable bonds is 14. The van der Waals surface area contributed by atoms with E-state index in [0.29, 0.717) is 19.3 Å². The van der Waals surface area contributed by atoms with Gasteiger partial charge in [-0.25, -0.2) is 0 Å². The predicted octanol–water partition coefficient (Wildman–Crippen LogP) is 5.95. The lowest BCUT2D eigenvalue weighted by Gasteiger charge is -2.36. The van der Waals surface area contributed by atoms with Gasteiger partial charge in [0.05, 0.1) is 12.0 Å². The SMILES string of the molecule is CC(CO)C(C)(CCCC(O)CCCC(C)(c1ccccc1)C(C)C(=O)O)c1ccccc1. The van der Waals surface area contributed by atoms with Crippen LogP contribution in [0.3, 0.4) is 0 Å². The fraction of sp³-hybridized carbons (Fsp3) is 0.552. The van der Waals surface area contributed by atoms with E-state index >= 15 is 0 Å². The van der Waals surface area contributed by atoms with Gasteiger partial charge in [-0.3, -0.25) is 4.79 Å². The van der Waals surface area contributed by atoms with Crippen molar-refractivity contribution in [1.29, 1.82) is 0 Å². The van der Waals surface area contributed by atoms with Crippen LogP contribution in [0.4, 0.5) is 0 Å². The minimum absolute atomic E-state index is 0.126. The molecule has 4 nitrogen and oxygen atoms in total. The second kappa shape index (κ2) is 12.3. The first kappa shape index (κ1) is 27.1. The maximum absolute atomic E-state index is 11.8. The Morgan fingerprint density at radius 3 is 1.67 bits per heavy atom. The Morgan fingerprint density at radius 1 is 0.818 bits per heavy atom. The van der Waals surface area contributed by atoms with Gasteiger partial charge in [0.25, 0.3) is 0 Å². The van der Waals surface area contributed by atoms with Crippen LogP contribution in [-0.4, -0.2) is 34.0 Å². The van der Waals surface area contributed by atoms with E-state index in [-0.39, 0.29) is 17.9 Å². The second-order valence-corrected chi connectivity index (χ2v) is 10.1. The maximum atomic E-state index is 11.8. The molecule has 0 saturated heterocycles. The fourth-order valence-electron chi connectivity index (χ4n) is 4.95. The van der Waals surface area contributed by atoms with Gasteiger partial charge in [0, 0.05) is 12.0 Å². The molecule has 0 aromatic heterocycles. The molecule has 0 aliphatic rings. The Kier molecular flexibility index (Phi) is 10.1. The molecule has 33 heavy (non-hydrogen) atoms. The predicted molar refractivity (Wildman–Crippen MR) is 134 cm³/mol. The first-order valence-corrected chi connectivity index (χ1v) is 12.3. The monoisotopic (exact) mass is 454 g/mol. The van der Waals surface area contributed by atoms with Crippen LogP contribution in [0.25, 0.3) is 0 Å². The van der Waals surface area contributed by atoms with Crippen LogP contribution in [0.15, 0.2) is 60.7 Å². The summed E-state index contributed by atoms with van der Waals surface area (Å²) in [4.78, 5) is 11.8. The second-order valence-electron chi connectivity index (χ2n) is 10.1. The highest BCUT2D eigenvalue weighted by Gasteiger charge is 2.37. The number of benzene rings is 2. The average Bonchev–Trinajstić information content (AvgIpc) is 2.83. The smallest absolute Gasteiger partial charge is 0.307 e. The molecule has 0 amide bonds. The zero-order chi connectivity index (χ0) is 24.5. The van der Waals surface area contributed by atoms with Gasteiger partial charge >= 0.3 is 5.97 Å². The first-order chi connectivity index (χ1) is 15.6. The van der Waals surface area contributed by atoms with Crippen LogP contribution in [0.2, 0.25) is 0 Å².